The Morgan fingerprint density at radius 2 is 1.67 bits per heavy atom. The first kappa shape index (κ1) is 13.3. The van der Waals surface area contributed by atoms with Crippen LogP contribution in [-0.4, -0.2) is 11.0 Å². The van der Waals surface area contributed by atoms with Crippen LogP contribution in [0.3, 0.4) is 0 Å². The van der Waals surface area contributed by atoms with E-state index in [1.807, 2.05) is 18.2 Å². The van der Waals surface area contributed by atoms with E-state index in [0.29, 0.717) is 11.0 Å². The summed E-state index contributed by atoms with van der Waals surface area (Å²) < 4.78 is 0. The maximum atomic E-state index is 5.77. The van der Waals surface area contributed by atoms with Crippen LogP contribution in [0.4, 0.5) is 5.69 Å². The van der Waals surface area contributed by atoms with Crippen LogP contribution in [0.2, 0.25) is 0 Å². The number of para-hydroxylation sites is 1. The standard InChI is InChI=1S/C15H22N2S/c16-15(18)13-10-6-7-11-14(13)17-12-8-4-2-1-3-5-9-12/h6-7,10-12,17H,1-5,8-9H2,(H2,16,18). The van der Waals surface area contributed by atoms with Crippen LogP contribution in [0.5, 0.6) is 0 Å². The summed E-state index contributed by atoms with van der Waals surface area (Å²) >= 11 is 5.10. The van der Waals surface area contributed by atoms with Gasteiger partial charge < -0.3 is 11.1 Å². The highest BCUT2D eigenvalue weighted by atomic mass is 32.1. The molecule has 0 saturated heterocycles. The van der Waals surface area contributed by atoms with Gasteiger partial charge in [0.2, 0.25) is 0 Å². The molecule has 0 heterocycles. The molecule has 0 bridgehead atoms. The molecule has 1 saturated carbocycles. The van der Waals surface area contributed by atoms with Crippen molar-refractivity contribution >= 4 is 22.9 Å². The second-order valence-electron chi connectivity index (χ2n) is 5.10. The molecule has 1 aliphatic carbocycles. The molecule has 3 N–H and O–H groups in total. The zero-order valence-corrected chi connectivity index (χ0v) is 11.6. The van der Waals surface area contributed by atoms with Gasteiger partial charge in [-0.1, -0.05) is 56.5 Å². The predicted molar refractivity (Wildman–Crippen MR) is 82.1 cm³/mol. The minimum atomic E-state index is 0.476. The molecule has 0 radical (unpaired) electrons. The Labute approximate surface area is 115 Å². The van der Waals surface area contributed by atoms with E-state index in [1.165, 1.54) is 44.9 Å². The van der Waals surface area contributed by atoms with Crippen molar-refractivity contribution in [1.82, 2.24) is 0 Å². The summed E-state index contributed by atoms with van der Waals surface area (Å²) in [6, 6.07) is 8.66. The molecule has 0 aliphatic heterocycles. The van der Waals surface area contributed by atoms with Gasteiger partial charge in [-0.25, -0.2) is 0 Å². The van der Waals surface area contributed by atoms with Crippen molar-refractivity contribution in [3.63, 3.8) is 0 Å². The summed E-state index contributed by atoms with van der Waals surface area (Å²) in [5.74, 6) is 0. The molecule has 0 aromatic heterocycles. The zero-order chi connectivity index (χ0) is 12.8. The third kappa shape index (κ3) is 3.70. The Hall–Kier alpha value is -1.09. The molecule has 0 unspecified atom stereocenters. The first-order valence-electron chi connectivity index (χ1n) is 6.93. The van der Waals surface area contributed by atoms with Gasteiger partial charge in [-0.15, -0.1) is 0 Å². The van der Waals surface area contributed by atoms with Crippen LogP contribution in [0, 0.1) is 0 Å². The van der Waals surface area contributed by atoms with Crippen molar-refractivity contribution in [2.45, 2.75) is 51.0 Å². The molecular weight excluding hydrogens is 240 g/mol. The molecule has 2 nitrogen and oxygen atoms in total. The summed E-state index contributed by atoms with van der Waals surface area (Å²) in [7, 11) is 0. The molecule has 18 heavy (non-hydrogen) atoms. The van der Waals surface area contributed by atoms with E-state index in [4.69, 9.17) is 18.0 Å². The smallest absolute Gasteiger partial charge is 0.106 e. The van der Waals surface area contributed by atoms with E-state index in [9.17, 15) is 0 Å². The largest absolute Gasteiger partial charge is 0.389 e. The molecule has 1 fully saturated rings. The highest BCUT2D eigenvalue weighted by Crippen LogP contribution is 2.22. The lowest BCUT2D eigenvalue weighted by Gasteiger charge is -2.23. The highest BCUT2D eigenvalue weighted by molar-refractivity contribution is 7.80. The maximum absolute atomic E-state index is 5.77. The van der Waals surface area contributed by atoms with E-state index in [1.54, 1.807) is 0 Å². The average molecular weight is 262 g/mol. The summed E-state index contributed by atoms with van der Waals surface area (Å²) in [6.07, 6.45) is 9.30. The topological polar surface area (TPSA) is 38.0 Å². The molecule has 0 amide bonds. The Kier molecular flexibility index (Phi) is 5.00. The molecule has 1 aromatic carbocycles. The summed E-state index contributed by atoms with van der Waals surface area (Å²) in [5.41, 5.74) is 7.83. The van der Waals surface area contributed by atoms with Gasteiger partial charge in [-0.3, -0.25) is 0 Å². The number of hydrogen-bond donors (Lipinski definition) is 2. The molecular formula is C15H22N2S. The van der Waals surface area contributed by atoms with Crippen molar-refractivity contribution in [3.05, 3.63) is 29.8 Å². The molecule has 1 aliphatic rings. The average Bonchev–Trinajstić information content (AvgIpc) is 2.33. The van der Waals surface area contributed by atoms with Crippen LogP contribution >= 0.6 is 12.2 Å². The fourth-order valence-electron chi connectivity index (χ4n) is 2.64. The Bertz CT molecular complexity index is 395. The Morgan fingerprint density at radius 1 is 1.06 bits per heavy atom. The normalized spacial score (nSPS) is 17.8. The SMILES string of the molecule is NC(=S)c1ccccc1NC1CCCCCCC1. The van der Waals surface area contributed by atoms with Crippen LogP contribution in [-0.2, 0) is 0 Å². The summed E-state index contributed by atoms with van der Waals surface area (Å²) in [6.45, 7) is 0. The minimum absolute atomic E-state index is 0.476. The predicted octanol–water partition coefficient (Wildman–Crippen LogP) is 3.85. The number of rotatable bonds is 3. The number of nitrogens with one attached hydrogen (secondary N) is 1. The van der Waals surface area contributed by atoms with Crippen LogP contribution in [0.25, 0.3) is 0 Å². The van der Waals surface area contributed by atoms with Crippen molar-refractivity contribution in [3.8, 4) is 0 Å². The van der Waals surface area contributed by atoms with Crippen molar-refractivity contribution in [2.75, 3.05) is 5.32 Å². The first-order chi connectivity index (χ1) is 8.77. The molecule has 0 spiro atoms. The number of thiocarbonyl (C=S) groups is 1. The van der Waals surface area contributed by atoms with Crippen molar-refractivity contribution in [1.29, 1.82) is 0 Å². The zero-order valence-electron chi connectivity index (χ0n) is 10.8. The molecule has 1 aromatic rings. The fraction of sp³-hybridized carbons (Fsp3) is 0.533. The van der Waals surface area contributed by atoms with Gasteiger partial charge in [-0.05, 0) is 25.0 Å². The summed E-state index contributed by atoms with van der Waals surface area (Å²) in [5, 5.41) is 3.63. The highest BCUT2D eigenvalue weighted by Gasteiger charge is 2.13. The van der Waals surface area contributed by atoms with Crippen molar-refractivity contribution in [2.24, 2.45) is 5.73 Å². The molecule has 3 heteroatoms. The van der Waals surface area contributed by atoms with Gasteiger partial charge in [0.05, 0.1) is 0 Å². The van der Waals surface area contributed by atoms with Crippen molar-refractivity contribution < 1.29 is 0 Å². The quantitative estimate of drug-likeness (QED) is 0.813. The van der Waals surface area contributed by atoms with Gasteiger partial charge in [0.1, 0.15) is 4.99 Å². The minimum Gasteiger partial charge on any atom is -0.389 e. The number of hydrogen-bond acceptors (Lipinski definition) is 2. The second-order valence-corrected chi connectivity index (χ2v) is 5.54. The van der Waals surface area contributed by atoms with Gasteiger partial charge >= 0.3 is 0 Å². The van der Waals surface area contributed by atoms with E-state index in [0.717, 1.165) is 11.3 Å². The summed E-state index contributed by atoms with van der Waals surface area (Å²) in [4.78, 5) is 0.476. The number of anilines is 1. The lowest BCUT2D eigenvalue weighted by atomic mass is 9.96. The van der Waals surface area contributed by atoms with E-state index in [2.05, 4.69) is 11.4 Å². The third-order valence-corrected chi connectivity index (χ3v) is 3.88. The lowest BCUT2D eigenvalue weighted by molar-refractivity contribution is 0.471. The van der Waals surface area contributed by atoms with Gasteiger partial charge in [0.15, 0.2) is 0 Å². The van der Waals surface area contributed by atoms with Gasteiger partial charge in [0.25, 0.3) is 0 Å². The number of nitrogens with two attached hydrogens (primary N) is 1. The Balaban J connectivity index is 2.05. The van der Waals surface area contributed by atoms with E-state index >= 15 is 0 Å². The van der Waals surface area contributed by atoms with Crippen LogP contribution in [0.15, 0.2) is 24.3 Å². The van der Waals surface area contributed by atoms with Gasteiger partial charge in [0, 0.05) is 17.3 Å². The number of benzene rings is 1. The van der Waals surface area contributed by atoms with Crippen LogP contribution < -0.4 is 11.1 Å². The second kappa shape index (κ2) is 6.74. The monoisotopic (exact) mass is 262 g/mol. The molecule has 2 rings (SSSR count). The molecule has 0 atom stereocenters. The van der Waals surface area contributed by atoms with Gasteiger partial charge in [-0.2, -0.15) is 0 Å². The fourth-order valence-corrected chi connectivity index (χ4v) is 2.82. The third-order valence-electron chi connectivity index (χ3n) is 3.66. The Morgan fingerprint density at radius 3 is 2.33 bits per heavy atom. The van der Waals surface area contributed by atoms with E-state index in [-0.39, 0.29) is 0 Å². The first-order valence-corrected chi connectivity index (χ1v) is 7.33. The van der Waals surface area contributed by atoms with Crippen LogP contribution in [0.1, 0.15) is 50.5 Å². The lowest BCUT2D eigenvalue weighted by Crippen LogP contribution is -2.23. The maximum Gasteiger partial charge on any atom is 0.106 e. The van der Waals surface area contributed by atoms with E-state index < -0.39 is 0 Å². The molecule has 98 valence electrons.